The Morgan fingerprint density at radius 3 is 2.56 bits per heavy atom. The molecule has 1 aliphatic carbocycles. The van der Waals surface area contributed by atoms with Crippen molar-refractivity contribution < 1.29 is 18.7 Å². The van der Waals surface area contributed by atoms with Crippen LogP contribution in [0.15, 0.2) is 15.5 Å². The highest BCUT2D eigenvalue weighted by Gasteiger charge is 2.49. The number of rotatable bonds is 4. The number of nitrogens with zero attached hydrogens (tertiary/aromatic N) is 1. The van der Waals surface area contributed by atoms with Crippen LogP contribution in [0.2, 0.25) is 0 Å². The second-order valence-electron chi connectivity index (χ2n) is 4.02. The zero-order valence-corrected chi connectivity index (χ0v) is 11.5. The van der Waals surface area contributed by atoms with Crippen molar-refractivity contribution in [1.82, 2.24) is 0 Å². The summed E-state index contributed by atoms with van der Waals surface area (Å²) in [5, 5.41) is 0. The van der Waals surface area contributed by atoms with Crippen LogP contribution in [0.5, 0.6) is 11.5 Å². The maximum Gasteiger partial charge on any atom is 0.235 e. The van der Waals surface area contributed by atoms with Gasteiger partial charge < -0.3 is 9.47 Å². The molecule has 2 rings (SSSR count). The molecule has 0 aliphatic heterocycles. The maximum atomic E-state index is 13.8. The average molecular weight is 316 g/mol. The zero-order valence-electron chi connectivity index (χ0n) is 9.92. The molecule has 0 N–H and O–H groups in total. The van der Waals surface area contributed by atoms with Gasteiger partial charge >= 0.3 is 0 Å². The number of benzene rings is 1. The fourth-order valence-corrected chi connectivity index (χ4v) is 2.64. The van der Waals surface area contributed by atoms with E-state index in [-0.39, 0.29) is 10.2 Å². The summed E-state index contributed by atoms with van der Waals surface area (Å²) < 4.78 is 24.4. The topological polar surface area (TPSA) is 47.9 Å². The summed E-state index contributed by atoms with van der Waals surface area (Å²) in [5.74, 6) is 0.192. The lowest BCUT2D eigenvalue weighted by molar-refractivity contribution is 0.345. The lowest BCUT2D eigenvalue weighted by Gasteiger charge is -2.18. The van der Waals surface area contributed by atoms with Gasteiger partial charge in [0.05, 0.1) is 18.7 Å². The highest BCUT2D eigenvalue weighted by Crippen LogP contribution is 2.57. The molecule has 0 atom stereocenters. The third-order valence-electron chi connectivity index (χ3n) is 3.01. The molecule has 1 fully saturated rings. The van der Waals surface area contributed by atoms with E-state index >= 15 is 0 Å². The van der Waals surface area contributed by atoms with Crippen LogP contribution in [0.1, 0.15) is 18.4 Å². The molecular weight excluding hydrogens is 305 g/mol. The number of methoxy groups -OCH3 is 2. The molecule has 0 unspecified atom stereocenters. The molecule has 96 valence electrons. The Balaban J connectivity index is 2.71. The third kappa shape index (κ3) is 1.91. The normalized spacial score (nSPS) is 15.8. The van der Waals surface area contributed by atoms with Crippen molar-refractivity contribution in [3.63, 3.8) is 0 Å². The van der Waals surface area contributed by atoms with Crippen molar-refractivity contribution in [2.75, 3.05) is 14.2 Å². The van der Waals surface area contributed by atoms with Crippen LogP contribution in [-0.2, 0) is 10.3 Å². The van der Waals surface area contributed by atoms with Crippen LogP contribution >= 0.6 is 15.9 Å². The van der Waals surface area contributed by atoms with Gasteiger partial charge in [0.1, 0.15) is 11.4 Å². The summed E-state index contributed by atoms with van der Waals surface area (Å²) in [6, 6.07) is 1.23. The highest BCUT2D eigenvalue weighted by molar-refractivity contribution is 9.10. The van der Waals surface area contributed by atoms with Crippen LogP contribution in [-0.4, -0.2) is 20.3 Å². The Morgan fingerprint density at radius 2 is 2.11 bits per heavy atom. The van der Waals surface area contributed by atoms with Crippen molar-refractivity contribution in [3.8, 4) is 11.5 Å². The molecular formula is C12H11BrFNO3. The number of hydrogen-bond donors (Lipinski definition) is 0. The Morgan fingerprint density at radius 1 is 1.44 bits per heavy atom. The van der Waals surface area contributed by atoms with Gasteiger partial charge in [0.2, 0.25) is 6.08 Å². The van der Waals surface area contributed by atoms with Crippen molar-refractivity contribution >= 4 is 22.0 Å². The number of ether oxygens (including phenoxy) is 2. The molecule has 0 heterocycles. The van der Waals surface area contributed by atoms with Gasteiger partial charge in [-0.25, -0.2) is 9.18 Å². The predicted molar refractivity (Wildman–Crippen MR) is 66.2 cm³/mol. The van der Waals surface area contributed by atoms with Crippen molar-refractivity contribution in [1.29, 1.82) is 0 Å². The first-order valence-corrected chi connectivity index (χ1v) is 6.08. The summed E-state index contributed by atoms with van der Waals surface area (Å²) in [6.45, 7) is 0. The molecule has 1 aromatic carbocycles. The number of hydrogen-bond acceptors (Lipinski definition) is 4. The van der Waals surface area contributed by atoms with Crippen molar-refractivity contribution in [3.05, 3.63) is 21.9 Å². The van der Waals surface area contributed by atoms with Crippen LogP contribution in [0.25, 0.3) is 0 Å². The van der Waals surface area contributed by atoms with Crippen LogP contribution in [0.3, 0.4) is 0 Å². The van der Waals surface area contributed by atoms with Gasteiger partial charge in [-0.3, -0.25) is 0 Å². The lowest BCUT2D eigenvalue weighted by Crippen LogP contribution is -2.09. The predicted octanol–water partition coefficient (Wildman–Crippen LogP) is 2.93. The first kappa shape index (κ1) is 13.1. The van der Waals surface area contributed by atoms with Crippen LogP contribution < -0.4 is 9.47 Å². The van der Waals surface area contributed by atoms with E-state index in [0.29, 0.717) is 24.2 Å². The molecule has 0 saturated heterocycles. The van der Waals surface area contributed by atoms with E-state index in [1.54, 1.807) is 0 Å². The number of isocyanates is 1. The summed E-state index contributed by atoms with van der Waals surface area (Å²) >= 11 is 3.18. The summed E-state index contributed by atoms with van der Waals surface area (Å²) in [4.78, 5) is 14.3. The third-order valence-corrected chi connectivity index (χ3v) is 3.79. The largest absolute Gasteiger partial charge is 0.493 e. The first-order chi connectivity index (χ1) is 8.59. The van der Waals surface area contributed by atoms with E-state index in [1.165, 1.54) is 26.4 Å². The van der Waals surface area contributed by atoms with Crippen LogP contribution in [0, 0.1) is 5.82 Å². The van der Waals surface area contributed by atoms with Gasteiger partial charge in [0.15, 0.2) is 11.5 Å². The molecule has 1 aromatic rings. The summed E-state index contributed by atoms with van der Waals surface area (Å²) in [5.41, 5.74) is -0.230. The standard InChI is InChI=1S/C12H11BrFNO3/c1-17-8-5-7(14)10(13)9(11(8)18-2)12(3-4-12)15-6-16/h5H,3-4H2,1-2H3. The zero-order chi connectivity index (χ0) is 13.3. The molecule has 0 aromatic heterocycles. The SMILES string of the molecule is COc1cc(F)c(Br)c(C2(N=C=O)CC2)c1OC. The second-order valence-corrected chi connectivity index (χ2v) is 4.81. The van der Waals surface area contributed by atoms with Crippen molar-refractivity contribution in [2.45, 2.75) is 18.4 Å². The van der Waals surface area contributed by atoms with E-state index in [9.17, 15) is 9.18 Å². The summed E-state index contributed by atoms with van der Waals surface area (Å²) in [7, 11) is 2.89. The molecule has 18 heavy (non-hydrogen) atoms. The number of halogens is 2. The Bertz CT molecular complexity index is 537. The van der Waals surface area contributed by atoms with E-state index < -0.39 is 11.4 Å². The van der Waals surface area contributed by atoms with Gasteiger partial charge in [-0.1, -0.05) is 0 Å². The number of aliphatic imine (C=N–C) groups is 1. The molecule has 4 nitrogen and oxygen atoms in total. The van der Waals surface area contributed by atoms with E-state index in [4.69, 9.17) is 9.47 Å². The quantitative estimate of drug-likeness (QED) is 0.634. The molecule has 0 amide bonds. The van der Waals surface area contributed by atoms with E-state index in [2.05, 4.69) is 20.9 Å². The van der Waals surface area contributed by atoms with Crippen molar-refractivity contribution in [2.24, 2.45) is 4.99 Å². The minimum absolute atomic E-state index is 0.247. The first-order valence-electron chi connectivity index (χ1n) is 5.29. The summed E-state index contributed by atoms with van der Waals surface area (Å²) in [6.07, 6.45) is 2.85. The maximum absolute atomic E-state index is 13.8. The highest BCUT2D eigenvalue weighted by atomic mass is 79.9. The number of carbonyl (C=O) groups excluding carboxylic acids is 1. The molecule has 0 radical (unpaired) electrons. The van der Waals surface area contributed by atoms with Crippen LogP contribution in [0.4, 0.5) is 4.39 Å². The molecule has 0 bridgehead atoms. The molecule has 1 saturated carbocycles. The molecule has 0 spiro atoms. The lowest BCUT2D eigenvalue weighted by atomic mass is 10.0. The monoisotopic (exact) mass is 315 g/mol. The van der Waals surface area contributed by atoms with Gasteiger partial charge in [-0.05, 0) is 28.8 Å². The Hall–Kier alpha value is -1.39. The van der Waals surface area contributed by atoms with E-state index in [1.807, 2.05) is 0 Å². The molecule has 6 heteroatoms. The van der Waals surface area contributed by atoms with Gasteiger partial charge in [0, 0.05) is 11.6 Å². The smallest absolute Gasteiger partial charge is 0.235 e. The van der Waals surface area contributed by atoms with Gasteiger partial charge in [-0.2, -0.15) is 4.99 Å². The molecule has 1 aliphatic rings. The van der Waals surface area contributed by atoms with Gasteiger partial charge in [0.25, 0.3) is 0 Å². The van der Waals surface area contributed by atoms with Gasteiger partial charge in [-0.15, -0.1) is 0 Å². The van der Waals surface area contributed by atoms with E-state index in [0.717, 1.165) is 0 Å². The second kappa shape index (κ2) is 4.71. The Kier molecular flexibility index (Phi) is 3.41. The minimum atomic E-state index is -0.735. The minimum Gasteiger partial charge on any atom is -0.493 e. The fraction of sp³-hybridized carbons (Fsp3) is 0.417. The average Bonchev–Trinajstić information content (AvgIpc) is 3.12. The fourth-order valence-electron chi connectivity index (χ4n) is 1.98. The Labute approximate surface area is 112 Å².